The maximum Gasteiger partial charge on any atom is 0.119 e. The highest BCUT2D eigenvalue weighted by Crippen LogP contribution is 2.22. The molecule has 88 valence electrons. The first kappa shape index (κ1) is 11.7. The molecular weight excluding hydrogens is 208 g/mol. The normalized spacial score (nSPS) is 10.2. The molecule has 0 N–H and O–H groups in total. The van der Waals surface area contributed by atoms with Gasteiger partial charge in [-0.3, -0.25) is 0 Å². The standard InChI is InChI=1S/C16H18O/c1-3-12-17-16-10-8-15(9-11-16)14-6-4-13(2)5-7-14/h4-11H,3,12H2,1-2H3. The number of benzene rings is 2. The molecule has 0 radical (unpaired) electrons. The van der Waals surface area contributed by atoms with Gasteiger partial charge >= 0.3 is 0 Å². The van der Waals surface area contributed by atoms with Gasteiger partial charge in [0.15, 0.2) is 0 Å². The van der Waals surface area contributed by atoms with Crippen molar-refractivity contribution in [1.82, 2.24) is 0 Å². The molecule has 0 spiro atoms. The Bertz CT molecular complexity index is 454. The van der Waals surface area contributed by atoms with E-state index in [9.17, 15) is 0 Å². The van der Waals surface area contributed by atoms with Gasteiger partial charge in [-0.1, -0.05) is 48.9 Å². The second kappa shape index (κ2) is 5.53. The topological polar surface area (TPSA) is 9.23 Å². The highest BCUT2D eigenvalue weighted by atomic mass is 16.5. The summed E-state index contributed by atoms with van der Waals surface area (Å²) in [5.74, 6) is 0.947. The molecule has 0 heterocycles. The van der Waals surface area contributed by atoms with E-state index >= 15 is 0 Å². The van der Waals surface area contributed by atoms with Gasteiger partial charge in [0, 0.05) is 0 Å². The van der Waals surface area contributed by atoms with Crippen molar-refractivity contribution < 1.29 is 4.74 Å². The molecule has 0 aliphatic heterocycles. The fraction of sp³-hybridized carbons (Fsp3) is 0.250. The molecule has 17 heavy (non-hydrogen) atoms. The van der Waals surface area contributed by atoms with Crippen LogP contribution >= 0.6 is 0 Å². The van der Waals surface area contributed by atoms with Gasteiger partial charge in [0.05, 0.1) is 6.61 Å². The SMILES string of the molecule is CCCOc1ccc(-c2ccc(C)cc2)cc1. The molecule has 2 aromatic rings. The van der Waals surface area contributed by atoms with Crippen LogP contribution in [0.3, 0.4) is 0 Å². The molecule has 1 nitrogen and oxygen atoms in total. The van der Waals surface area contributed by atoms with Crippen LogP contribution < -0.4 is 4.74 Å². The Morgan fingerprint density at radius 3 is 1.88 bits per heavy atom. The second-order valence-corrected chi connectivity index (χ2v) is 4.24. The third kappa shape index (κ3) is 3.10. The molecule has 0 saturated carbocycles. The van der Waals surface area contributed by atoms with Gasteiger partial charge in [-0.15, -0.1) is 0 Å². The zero-order chi connectivity index (χ0) is 12.1. The Morgan fingerprint density at radius 2 is 1.35 bits per heavy atom. The summed E-state index contributed by atoms with van der Waals surface area (Å²) in [6.45, 7) is 5.00. The fourth-order valence-corrected chi connectivity index (χ4v) is 1.71. The lowest BCUT2D eigenvalue weighted by Crippen LogP contribution is -1.94. The summed E-state index contributed by atoms with van der Waals surface area (Å²) in [5, 5.41) is 0. The average Bonchev–Trinajstić information content (AvgIpc) is 2.38. The Labute approximate surface area is 103 Å². The summed E-state index contributed by atoms with van der Waals surface area (Å²) in [6.07, 6.45) is 1.04. The third-order valence-electron chi connectivity index (χ3n) is 2.71. The number of rotatable bonds is 4. The Morgan fingerprint density at radius 1 is 0.824 bits per heavy atom. The minimum atomic E-state index is 0.782. The molecule has 0 fully saturated rings. The lowest BCUT2D eigenvalue weighted by Gasteiger charge is -2.06. The largest absolute Gasteiger partial charge is 0.494 e. The highest BCUT2D eigenvalue weighted by molar-refractivity contribution is 5.64. The Balaban J connectivity index is 2.14. The van der Waals surface area contributed by atoms with E-state index in [1.54, 1.807) is 0 Å². The van der Waals surface area contributed by atoms with Crippen molar-refractivity contribution in [1.29, 1.82) is 0 Å². The van der Waals surface area contributed by atoms with E-state index in [2.05, 4.69) is 50.2 Å². The van der Waals surface area contributed by atoms with Gasteiger partial charge in [0.25, 0.3) is 0 Å². The van der Waals surface area contributed by atoms with Crippen molar-refractivity contribution in [2.24, 2.45) is 0 Å². The summed E-state index contributed by atoms with van der Waals surface area (Å²) in [7, 11) is 0. The maximum absolute atomic E-state index is 5.57. The minimum Gasteiger partial charge on any atom is -0.494 e. The van der Waals surface area contributed by atoms with Gasteiger partial charge in [-0.25, -0.2) is 0 Å². The quantitative estimate of drug-likeness (QED) is 0.748. The van der Waals surface area contributed by atoms with Gasteiger partial charge in [0.1, 0.15) is 5.75 Å². The average molecular weight is 226 g/mol. The summed E-state index contributed by atoms with van der Waals surface area (Å²) in [5.41, 5.74) is 3.77. The van der Waals surface area contributed by atoms with E-state index in [1.165, 1.54) is 16.7 Å². The molecule has 1 heteroatoms. The van der Waals surface area contributed by atoms with Crippen LogP contribution in [0.5, 0.6) is 5.75 Å². The van der Waals surface area contributed by atoms with Crippen LogP contribution in [-0.2, 0) is 0 Å². The van der Waals surface area contributed by atoms with Crippen molar-refractivity contribution in [2.75, 3.05) is 6.61 Å². The lowest BCUT2D eigenvalue weighted by molar-refractivity contribution is 0.317. The number of hydrogen-bond donors (Lipinski definition) is 0. The highest BCUT2D eigenvalue weighted by Gasteiger charge is 1.98. The number of ether oxygens (including phenoxy) is 1. The van der Waals surface area contributed by atoms with Crippen LogP contribution in [0.2, 0.25) is 0 Å². The molecule has 0 saturated heterocycles. The monoisotopic (exact) mass is 226 g/mol. The van der Waals surface area contributed by atoms with Gasteiger partial charge in [-0.2, -0.15) is 0 Å². The van der Waals surface area contributed by atoms with Crippen LogP contribution in [0, 0.1) is 6.92 Å². The molecule has 0 bridgehead atoms. The minimum absolute atomic E-state index is 0.782. The van der Waals surface area contributed by atoms with Crippen LogP contribution in [-0.4, -0.2) is 6.61 Å². The molecule has 0 aliphatic rings. The van der Waals surface area contributed by atoms with Crippen LogP contribution in [0.4, 0.5) is 0 Å². The molecule has 2 aromatic carbocycles. The van der Waals surface area contributed by atoms with Crippen molar-refractivity contribution in [3.63, 3.8) is 0 Å². The second-order valence-electron chi connectivity index (χ2n) is 4.24. The van der Waals surface area contributed by atoms with Gasteiger partial charge in [0.2, 0.25) is 0 Å². The Hall–Kier alpha value is -1.76. The lowest BCUT2D eigenvalue weighted by atomic mass is 10.0. The number of aryl methyl sites for hydroxylation is 1. The summed E-state index contributed by atoms with van der Waals surface area (Å²) in [6, 6.07) is 16.9. The maximum atomic E-state index is 5.57. The van der Waals surface area contributed by atoms with Crippen molar-refractivity contribution in [2.45, 2.75) is 20.3 Å². The van der Waals surface area contributed by atoms with Crippen LogP contribution in [0.25, 0.3) is 11.1 Å². The van der Waals surface area contributed by atoms with Gasteiger partial charge < -0.3 is 4.74 Å². The predicted molar refractivity (Wildman–Crippen MR) is 72.4 cm³/mol. The third-order valence-corrected chi connectivity index (χ3v) is 2.71. The molecule has 0 aliphatic carbocycles. The first-order chi connectivity index (χ1) is 8.29. The summed E-state index contributed by atoms with van der Waals surface area (Å²) in [4.78, 5) is 0. The zero-order valence-corrected chi connectivity index (χ0v) is 10.4. The van der Waals surface area contributed by atoms with Gasteiger partial charge in [-0.05, 0) is 36.6 Å². The zero-order valence-electron chi connectivity index (χ0n) is 10.4. The van der Waals surface area contributed by atoms with Crippen molar-refractivity contribution >= 4 is 0 Å². The van der Waals surface area contributed by atoms with E-state index in [0.29, 0.717) is 0 Å². The number of hydrogen-bond acceptors (Lipinski definition) is 1. The smallest absolute Gasteiger partial charge is 0.119 e. The molecular formula is C16H18O. The van der Waals surface area contributed by atoms with Crippen LogP contribution in [0.1, 0.15) is 18.9 Å². The van der Waals surface area contributed by atoms with E-state index in [1.807, 2.05) is 12.1 Å². The molecule has 0 atom stereocenters. The van der Waals surface area contributed by atoms with E-state index in [-0.39, 0.29) is 0 Å². The van der Waals surface area contributed by atoms with E-state index in [0.717, 1.165) is 18.8 Å². The molecule has 0 unspecified atom stereocenters. The molecule has 0 aromatic heterocycles. The first-order valence-corrected chi connectivity index (χ1v) is 6.09. The first-order valence-electron chi connectivity index (χ1n) is 6.09. The fourth-order valence-electron chi connectivity index (χ4n) is 1.71. The van der Waals surface area contributed by atoms with E-state index < -0.39 is 0 Å². The predicted octanol–water partition coefficient (Wildman–Crippen LogP) is 4.45. The van der Waals surface area contributed by atoms with E-state index in [4.69, 9.17) is 4.74 Å². The molecule has 0 amide bonds. The Kier molecular flexibility index (Phi) is 3.81. The van der Waals surface area contributed by atoms with Crippen molar-refractivity contribution in [3.8, 4) is 16.9 Å². The summed E-state index contributed by atoms with van der Waals surface area (Å²) < 4.78 is 5.57. The summed E-state index contributed by atoms with van der Waals surface area (Å²) >= 11 is 0. The van der Waals surface area contributed by atoms with Crippen molar-refractivity contribution in [3.05, 3.63) is 54.1 Å². The molecule has 2 rings (SSSR count). The van der Waals surface area contributed by atoms with Crippen LogP contribution in [0.15, 0.2) is 48.5 Å².